The molecule has 0 saturated heterocycles. The van der Waals surface area contributed by atoms with Crippen LogP contribution in [0.2, 0.25) is 0 Å². The van der Waals surface area contributed by atoms with Crippen LogP contribution in [0.5, 0.6) is 0 Å². The largest absolute Gasteiger partial charge is 0.357 e. The molecule has 20 heavy (non-hydrogen) atoms. The van der Waals surface area contributed by atoms with E-state index < -0.39 is 0 Å². The van der Waals surface area contributed by atoms with E-state index in [1.807, 2.05) is 13.0 Å². The van der Waals surface area contributed by atoms with Gasteiger partial charge in [-0.15, -0.1) is 24.0 Å². The highest BCUT2D eigenvalue weighted by atomic mass is 127. The van der Waals surface area contributed by atoms with Crippen molar-refractivity contribution in [1.82, 2.24) is 10.6 Å². The van der Waals surface area contributed by atoms with Crippen molar-refractivity contribution in [2.75, 3.05) is 6.54 Å². The number of hydrogen-bond donors (Lipinski definition) is 2. The van der Waals surface area contributed by atoms with Crippen LogP contribution in [-0.4, -0.2) is 23.5 Å². The lowest BCUT2D eigenvalue weighted by molar-refractivity contribution is -0.384. The van der Waals surface area contributed by atoms with E-state index >= 15 is 0 Å². The molecule has 0 amide bonds. The molecule has 0 radical (unpaired) electrons. The quantitative estimate of drug-likeness (QED) is 0.266. The molecule has 0 bridgehead atoms. The first-order valence-corrected chi connectivity index (χ1v) is 6.47. The predicted octanol–water partition coefficient (Wildman–Crippen LogP) is 2.43. The predicted molar refractivity (Wildman–Crippen MR) is 89.5 cm³/mol. The Hall–Kier alpha value is -1.38. The summed E-state index contributed by atoms with van der Waals surface area (Å²) < 4.78 is 0. The Morgan fingerprint density at radius 1 is 1.50 bits per heavy atom. The maximum absolute atomic E-state index is 10.7. The normalized spacial score (nSPS) is 14.3. The Morgan fingerprint density at radius 2 is 2.25 bits per heavy atom. The number of nitrogens with one attached hydrogen (secondary N) is 2. The molecule has 1 aliphatic carbocycles. The van der Waals surface area contributed by atoms with Crippen molar-refractivity contribution in [3.05, 3.63) is 39.9 Å². The molecule has 0 heterocycles. The first kappa shape index (κ1) is 16.7. The van der Waals surface area contributed by atoms with Crippen molar-refractivity contribution in [3.63, 3.8) is 0 Å². The van der Waals surface area contributed by atoms with Crippen LogP contribution < -0.4 is 10.6 Å². The van der Waals surface area contributed by atoms with Crippen LogP contribution in [0, 0.1) is 10.1 Å². The summed E-state index contributed by atoms with van der Waals surface area (Å²) in [7, 11) is 0. The molecule has 0 unspecified atom stereocenters. The second kappa shape index (κ2) is 8.03. The van der Waals surface area contributed by atoms with Gasteiger partial charge in [0.05, 0.1) is 11.5 Å². The molecule has 1 aliphatic rings. The summed E-state index contributed by atoms with van der Waals surface area (Å²) in [5.74, 6) is 0.775. The van der Waals surface area contributed by atoms with Gasteiger partial charge in [0.15, 0.2) is 5.96 Å². The van der Waals surface area contributed by atoms with Crippen LogP contribution in [0.3, 0.4) is 0 Å². The molecule has 0 aliphatic heterocycles. The molecule has 2 N–H and O–H groups in total. The number of nitrogens with zero attached hydrogens (tertiary/aromatic N) is 2. The lowest BCUT2D eigenvalue weighted by Crippen LogP contribution is -2.38. The Morgan fingerprint density at radius 3 is 2.85 bits per heavy atom. The molecule has 1 aromatic rings. The summed E-state index contributed by atoms with van der Waals surface area (Å²) >= 11 is 0. The summed E-state index contributed by atoms with van der Waals surface area (Å²) in [6.07, 6.45) is 2.36. The highest BCUT2D eigenvalue weighted by molar-refractivity contribution is 14.0. The minimum Gasteiger partial charge on any atom is -0.357 e. The monoisotopic (exact) mass is 390 g/mol. The standard InChI is InChI=1S/C13H18N4O2.HI/c1-2-14-13(16-11-6-7-11)15-9-10-4-3-5-12(8-10)17(18)19;/h3-5,8,11H,2,6-7,9H2,1H3,(H2,14,15,16);1H. The third-order valence-electron chi connectivity index (χ3n) is 2.80. The van der Waals surface area contributed by atoms with Gasteiger partial charge < -0.3 is 10.6 Å². The van der Waals surface area contributed by atoms with Gasteiger partial charge >= 0.3 is 0 Å². The molecule has 1 fully saturated rings. The number of guanidine groups is 1. The zero-order valence-electron chi connectivity index (χ0n) is 11.3. The third-order valence-corrected chi connectivity index (χ3v) is 2.80. The molecule has 0 spiro atoms. The number of non-ortho nitro benzene ring substituents is 1. The zero-order chi connectivity index (χ0) is 13.7. The van der Waals surface area contributed by atoms with Crippen LogP contribution in [0.15, 0.2) is 29.3 Å². The number of nitro benzene ring substituents is 1. The Kier molecular flexibility index (Phi) is 6.69. The SMILES string of the molecule is CCNC(=NCc1cccc([N+](=O)[O-])c1)NC1CC1.I. The molecule has 6 nitrogen and oxygen atoms in total. The average molecular weight is 390 g/mol. The first-order valence-electron chi connectivity index (χ1n) is 6.47. The van der Waals surface area contributed by atoms with Crippen molar-refractivity contribution < 1.29 is 4.92 Å². The van der Waals surface area contributed by atoms with E-state index in [1.54, 1.807) is 12.1 Å². The van der Waals surface area contributed by atoms with Gasteiger partial charge in [0, 0.05) is 24.7 Å². The molecule has 1 aromatic carbocycles. The molecule has 2 rings (SSSR count). The minimum absolute atomic E-state index is 0. The number of halogens is 1. The fourth-order valence-electron chi connectivity index (χ4n) is 1.68. The zero-order valence-corrected chi connectivity index (χ0v) is 13.7. The maximum atomic E-state index is 10.7. The minimum atomic E-state index is -0.388. The fourth-order valence-corrected chi connectivity index (χ4v) is 1.68. The maximum Gasteiger partial charge on any atom is 0.269 e. The van der Waals surface area contributed by atoms with Crippen molar-refractivity contribution >= 4 is 35.6 Å². The topological polar surface area (TPSA) is 79.6 Å². The van der Waals surface area contributed by atoms with Crippen molar-refractivity contribution in [2.45, 2.75) is 32.4 Å². The number of benzene rings is 1. The van der Waals surface area contributed by atoms with Gasteiger partial charge in [0.1, 0.15) is 0 Å². The molecule has 7 heteroatoms. The van der Waals surface area contributed by atoms with Crippen LogP contribution in [0.1, 0.15) is 25.3 Å². The van der Waals surface area contributed by atoms with Crippen molar-refractivity contribution in [3.8, 4) is 0 Å². The number of rotatable bonds is 5. The Labute approximate surface area is 135 Å². The summed E-state index contributed by atoms with van der Waals surface area (Å²) in [6.45, 7) is 3.24. The smallest absolute Gasteiger partial charge is 0.269 e. The Balaban J connectivity index is 0.00000200. The highest BCUT2D eigenvalue weighted by Gasteiger charge is 2.22. The van der Waals surface area contributed by atoms with E-state index in [-0.39, 0.29) is 34.6 Å². The van der Waals surface area contributed by atoms with Gasteiger partial charge in [0.2, 0.25) is 0 Å². The van der Waals surface area contributed by atoms with Gasteiger partial charge in [0.25, 0.3) is 5.69 Å². The lowest BCUT2D eigenvalue weighted by atomic mass is 10.2. The Bertz CT molecular complexity index is 489. The number of hydrogen-bond acceptors (Lipinski definition) is 3. The van der Waals surface area contributed by atoms with E-state index in [2.05, 4.69) is 15.6 Å². The average Bonchev–Trinajstić information content (AvgIpc) is 3.20. The van der Waals surface area contributed by atoms with E-state index in [9.17, 15) is 10.1 Å². The van der Waals surface area contributed by atoms with Crippen LogP contribution in [0.25, 0.3) is 0 Å². The van der Waals surface area contributed by atoms with E-state index in [1.165, 1.54) is 18.9 Å². The summed E-state index contributed by atoms with van der Waals surface area (Å²) in [4.78, 5) is 14.7. The lowest BCUT2D eigenvalue weighted by Gasteiger charge is -2.10. The van der Waals surface area contributed by atoms with Gasteiger partial charge in [-0.25, -0.2) is 4.99 Å². The highest BCUT2D eigenvalue weighted by Crippen LogP contribution is 2.18. The van der Waals surface area contributed by atoms with E-state index in [0.717, 1.165) is 18.1 Å². The van der Waals surface area contributed by atoms with Crippen LogP contribution >= 0.6 is 24.0 Å². The van der Waals surface area contributed by atoms with Gasteiger partial charge in [-0.1, -0.05) is 12.1 Å². The number of nitro groups is 1. The van der Waals surface area contributed by atoms with Gasteiger partial charge in [-0.05, 0) is 25.3 Å². The number of aliphatic imine (C=N–C) groups is 1. The van der Waals surface area contributed by atoms with E-state index in [0.29, 0.717) is 12.6 Å². The summed E-state index contributed by atoms with van der Waals surface area (Å²) in [6, 6.07) is 7.11. The van der Waals surface area contributed by atoms with Crippen molar-refractivity contribution in [2.24, 2.45) is 4.99 Å². The second-order valence-electron chi connectivity index (χ2n) is 4.54. The molecule has 0 aromatic heterocycles. The van der Waals surface area contributed by atoms with Crippen molar-refractivity contribution in [1.29, 1.82) is 0 Å². The molecular formula is C13H19IN4O2. The third kappa shape index (κ3) is 5.32. The first-order chi connectivity index (χ1) is 9.19. The summed E-state index contributed by atoms with van der Waals surface area (Å²) in [5, 5.41) is 17.2. The molecule has 0 atom stereocenters. The second-order valence-corrected chi connectivity index (χ2v) is 4.54. The van der Waals surface area contributed by atoms with Crippen LogP contribution in [0.4, 0.5) is 5.69 Å². The molecule has 110 valence electrons. The molecule has 1 saturated carbocycles. The van der Waals surface area contributed by atoms with Crippen LogP contribution in [-0.2, 0) is 6.54 Å². The van der Waals surface area contributed by atoms with E-state index in [4.69, 9.17) is 0 Å². The summed E-state index contributed by atoms with van der Waals surface area (Å²) in [5.41, 5.74) is 0.940. The fraction of sp³-hybridized carbons (Fsp3) is 0.462. The molecular weight excluding hydrogens is 371 g/mol. The van der Waals surface area contributed by atoms with Gasteiger partial charge in [-0.2, -0.15) is 0 Å². The van der Waals surface area contributed by atoms with Gasteiger partial charge in [-0.3, -0.25) is 10.1 Å².